The highest BCUT2D eigenvalue weighted by molar-refractivity contribution is 6.54. The second kappa shape index (κ2) is 6.00. The monoisotopic (exact) mass is 242 g/mol. The van der Waals surface area contributed by atoms with E-state index in [-0.39, 0.29) is 0 Å². The Bertz CT molecular complexity index is 300. The molecule has 0 spiro atoms. The third-order valence-corrected chi connectivity index (χ3v) is 4.31. The summed E-state index contributed by atoms with van der Waals surface area (Å²) in [6.45, 7) is 2.11. The number of hydrogen-bond acceptors (Lipinski definition) is 4. The van der Waals surface area contributed by atoms with Crippen LogP contribution in [-0.2, 0) is 19.7 Å². The molecule has 0 fully saturated rings. The highest BCUT2D eigenvalue weighted by Gasteiger charge is 2.45. The van der Waals surface area contributed by atoms with Gasteiger partial charge in [0.2, 0.25) is 0 Å². The van der Waals surface area contributed by atoms with Gasteiger partial charge in [-0.05, 0) is 24.1 Å². The Kier molecular flexibility index (Phi) is 4.95. The molecule has 0 saturated carbocycles. The van der Waals surface area contributed by atoms with Crippen LogP contribution in [0, 0.1) is 0 Å². The van der Waals surface area contributed by atoms with E-state index in [1.165, 1.54) is 26.9 Å². The minimum atomic E-state index is -2.99. The predicted molar refractivity (Wildman–Crippen MR) is 63.2 cm³/mol. The van der Waals surface area contributed by atoms with Crippen LogP contribution in [0.3, 0.4) is 0 Å². The first-order valence-electron chi connectivity index (χ1n) is 5.13. The molecule has 16 heavy (non-hydrogen) atoms. The molecule has 0 aliphatic heterocycles. The quantitative estimate of drug-likeness (QED) is 0.715. The molecule has 0 saturated heterocycles. The Morgan fingerprint density at radius 1 is 0.938 bits per heavy atom. The van der Waals surface area contributed by atoms with Gasteiger partial charge in [0.1, 0.15) is 5.75 Å². The van der Waals surface area contributed by atoms with E-state index >= 15 is 0 Å². The fraction of sp³-hybridized carbons (Fsp3) is 0.455. The molecular formula is C11H18O4Si. The molecule has 1 rings (SSSR count). The normalized spacial score (nSPS) is 11.5. The van der Waals surface area contributed by atoms with Crippen molar-refractivity contribution in [3.63, 3.8) is 0 Å². The van der Waals surface area contributed by atoms with Gasteiger partial charge in [-0.25, -0.2) is 0 Å². The van der Waals surface area contributed by atoms with E-state index in [0.29, 0.717) is 5.75 Å². The SMILES string of the molecule is CCc1ccc(O[Si](OC)(OC)OC)cc1. The molecule has 90 valence electrons. The molecule has 4 nitrogen and oxygen atoms in total. The Morgan fingerprint density at radius 2 is 1.44 bits per heavy atom. The molecule has 0 atom stereocenters. The highest BCUT2D eigenvalue weighted by Crippen LogP contribution is 2.18. The second-order valence-corrected chi connectivity index (χ2v) is 5.64. The van der Waals surface area contributed by atoms with Crippen LogP contribution in [0.1, 0.15) is 12.5 Å². The smallest absolute Gasteiger partial charge is 0.480 e. The van der Waals surface area contributed by atoms with Crippen LogP contribution in [0.15, 0.2) is 24.3 Å². The maximum atomic E-state index is 5.62. The van der Waals surface area contributed by atoms with Gasteiger partial charge in [0.25, 0.3) is 0 Å². The lowest BCUT2D eigenvalue weighted by molar-refractivity contribution is 0.0510. The van der Waals surface area contributed by atoms with Gasteiger partial charge in [-0.15, -0.1) is 0 Å². The zero-order chi connectivity index (χ0) is 12.0. The number of benzene rings is 1. The van der Waals surface area contributed by atoms with E-state index in [4.69, 9.17) is 17.7 Å². The van der Waals surface area contributed by atoms with Gasteiger partial charge in [0, 0.05) is 21.3 Å². The van der Waals surface area contributed by atoms with Gasteiger partial charge < -0.3 is 17.7 Å². The zero-order valence-electron chi connectivity index (χ0n) is 10.1. The van der Waals surface area contributed by atoms with Gasteiger partial charge in [0.15, 0.2) is 0 Å². The van der Waals surface area contributed by atoms with Gasteiger partial charge in [-0.3, -0.25) is 0 Å². The van der Waals surface area contributed by atoms with Crippen molar-refractivity contribution in [2.45, 2.75) is 13.3 Å². The van der Waals surface area contributed by atoms with Gasteiger partial charge in [-0.2, -0.15) is 0 Å². The largest absolute Gasteiger partial charge is 0.748 e. The molecule has 0 amide bonds. The second-order valence-electron chi connectivity index (χ2n) is 3.21. The summed E-state index contributed by atoms with van der Waals surface area (Å²) >= 11 is 0. The molecule has 0 bridgehead atoms. The maximum Gasteiger partial charge on any atom is 0.748 e. The number of hydrogen-bond donors (Lipinski definition) is 0. The van der Waals surface area contributed by atoms with Crippen molar-refractivity contribution in [2.24, 2.45) is 0 Å². The van der Waals surface area contributed by atoms with Crippen LogP contribution in [0.2, 0.25) is 0 Å². The molecule has 0 unspecified atom stereocenters. The summed E-state index contributed by atoms with van der Waals surface area (Å²) in [6.07, 6.45) is 1.00. The van der Waals surface area contributed by atoms with E-state index in [2.05, 4.69) is 6.92 Å². The Balaban J connectivity index is 2.77. The van der Waals surface area contributed by atoms with Crippen molar-refractivity contribution >= 4 is 9.05 Å². The molecule has 1 aromatic rings. The van der Waals surface area contributed by atoms with E-state index in [9.17, 15) is 0 Å². The molecule has 0 radical (unpaired) electrons. The van der Waals surface area contributed by atoms with Crippen molar-refractivity contribution in [1.82, 2.24) is 0 Å². The first-order chi connectivity index (χ1) is 7.69. The van der Waals surface area contributed by atoms with E-state index < -0.39 is 9.05 Å². The minimum Gasteiger partial charge on any atom is -0.480 e. The van der Waals surface area contributed by atoms with Crippen molar-refractivity contribution in [3.8, 4) is 5.75 Å². The summed E-state index contributed by atoms with van der Waals surface area (Å²) in [6, 6.07) is 7.79. The molecule has 0 aliphatic carbocycles. The fourth-order valence-corrected chi connectivity index (χ4v) is 2.49. The molecular weight excluding hydrogens is 224 g/mol. The number of aryl methyl sites for hydroxylation is 1. The standard InChI is InChI=1S/C11H18O4Si/c1-5-10-6-8-11(9-7-10)15-16(12-2,13-3)14-4/h6-9H,5H2,1-4H3. The Morgan fingerprint density at radius 3 is 1.81 bits per heavy atom. The van der Waals surface area contributed by atoms with Crippen LogP contribution >= 0.6 is 0 Å². The van der Waals surface area contributed by atoms with Crippen molar-refractivity contribution in [3.05, 3.63) is 29.8 Å². The topological polar surface area (TPSA) is 36.9 Å². The average molecular weight is 242 g/mol. The van der Waals surface area contributed by atoms with E-state index in [1.807, 2.05) is 24.3 Å². The average Bonchev–Trinajstić information content (AvgIpc) is 2.37. The van der Waals surface area contributed by atoms with Gasteiger partial charge in [0.05, 0.1) is 0 Å². The first kappa shape index (κ1) is 13.2. The lowest BCUT2D eigenvalue weighted by atomic mass is 10.2. The maximum absolute atomic E-state index is 5.62. The van der Waals surface area contributed by atoms with Crippen LogP contribution < -0.4 is 4.43 Å². The van der Waals surface area contributed by atoms with Crippen molar-refractivity contribution in [2.75, 3.05) is 21.3 Å². The molecule has 0 aromatic heterocycles. The van der Waals surface area contributed by atoms with Crippen LogP contribution in [0.5, 0.6) is 5.75 Å². The number of rotatable bonds is 6. The summed E-state index contributed by atoms with van der Waals surface area (Å²) in [7, 11) is 1.55. The molecule has 5 heteroatoms. The summed E-state index contributed by atoms with van der Waals surface area (Å²) in [5, 5.41) is 0. The van der Waals surface area contributed by atoms with E-state index in [1.54, 1.807) is 0 Å². The third-order valence-electron chi connectivity index (χ3n) is 2.32. The summed E-state index contributed by atoms with van der Waals surface area (Å²) < 4.78 is 21.1. The molecule has 0 N–H and O–H groups in total. The Labute approximate surface area is 97.6 Å². The predicted octanol–water partition coefficient (Wildman–Crippen LogP) is 2.00. The van der Waals surface area contributed by atoms with Crippen LogP contribution in [0.4, 0.5) is 0 Å². The zero-order valence-corrected chi connectivity index (χ0v) is 11.1. The lowest BCUT2D eigenvalue weighted by Gasteiger charge is -2.23. The van der Waals surface area contributed by atoms with Crippen LogP contribution in [0.25, 0.3) is 0 Å². The Hall–Kier alpha value is -0.883. The highest BCUT2D eigenvalue weighted by atomic mass is 28.4. The van der Waals surface area contributed by atoms with Crippen molar-refractivity contribution < 1.29 is 17.7 Å². The molecule has 0 heterocycles. The van der Waals surface area contributed by atoms with Crippen LogP contribution in [-0.4, -0.2) is 30.4 Å². The summed E-state index contributed by atoms with van der Waals surface area (Å²) in [5.41, 5.74) is 1.26. The van der Waals surface area contributed by atoms with Gasteiger partial charge >= 0.3 is 9.05 Å². The molecule has 1 aromatic carbocycles. The van der Waals surface area contributed by atoms with E-state index in [0.717, 1.165) is 6.42 Å². The fourth-order valence-electron chi connectivity index (χ4n) is 1.31. The minimum absolute atomic E-state index is 0.689. The van der Waals surface area contributed by atoms with Crippen molar-refractivity contribution in [1.29, 1.82) is 0 Å². The third kappa shape index (κ3) is 3.05. The summed E-state index contributed by atoms with van der Waals surface area (Å²) in [4.78, 5) is 0. The summed E-state index contributed by atoms with van der Waals surface area (Å²) in [5.74, 6) is 0.689. The lowest BCUT2D eigenvalue weighted by Crippen LogP contribution is -2.49. The molecule has 0 aliphatic rings. The van der Waals surface area contributed by atoms with Gasteiger partial charge in [-0.1, -0.05) is 19.1 Å². The first-order valence-corrected chi connectivity index (χ1v) is 6.76.